The lowest BCUT2D eigenvalue weighted by Gasteiger charge is -2.37. The minimum Gasteiger partial charge on any atom is -0.406 e. The molecule has 0 saturated carbocycles. The molecule has 2 N–H and O–H groups in total. The Bertz CT molecular complexity index is 1120. The smallest absolute Gasteiger partial charge is 0.406 e. The third-order valence-electron chi connectivity index (χ3n) is 5.83. The zero-order chi connectivity index (χ0) is 22.9. The maximum absolute atomic E-state index is 13.2. The lowest BCUT2D eigenvalue weighted by atomic mass is 9.91. The van der Waals surface area contributed by atoms with Gasteiger partial charge in [0.15, 0.2) is 0 Å². The highest BCUT2D eigenvalue weighted by molar-refractivity contribution is 6.10. The number of hydrogen-bond acceptors (Lipinski definition) is 4. The summed E-state index contributed by atoms with van der Waals surface area (Å²) in [7, 11) is 0. The molecule has 1 aliphatic rings. The van der Waals surface area contributed by atoms with Crippen LogP contribution < -0.4 is 4.74 Å². The van der Waals surface area contributed by atoms with Crippen LogP contribution in [0.2, 0.25) is 0 Å². The van der Waals surface area contributed by atoms with Crippen molar-refractivity contribution in [3.63, 3.8) is 0 Å². The molecule has 0 aliphatic carbocycles. The summed E-state index contributed by atoms with van der Waals surface area (Å²) in [5, 5.41) is 21.1. The van der Waals surface area contributed by atoms with Crippen LogP contribution in [0, 0.1) is 0 Å². The average Bonchev–Trinajstić information content (AvgIpc) is 2.78. The van der Waals surface area contributed by atoms with Crippen LogP contribution in [0.4, 0.5) is 13.2 Å². The Balaban J connectivity index is 1.64. The number of rotatable bonds is 4. The molecular formula is C24H22F3NO4. The van der Waals surface area contributed by atoms with Gasteiger partial charge < -0.3 is 19.8 Å². The fourth-order valence-corrected chi connectivity index (χ4v) is 4.04. The second kappa shape index (κ2) is 8.44. The van der Waals surface area contributed by atoms with Crippen molar-refractivity contribution in [3.05, 3.63) is 66.2 Å². The Morgan fingerprint density at radius 2 is 1.59 bits per heavy atom. The van der Waals surface area contributed by atoms with Gasteiger partial charge in [0.2, 0.25) is 0 Å². The third-order valence-corrected chi connectivity index (χ3v) is 5.83. The number of hydrogen-bond donors (Lipinski definition) is 2. The molecule has 32 heavy (non-hydrogen) atoms. The van der Waals surface area contributed by atoms with Crippen molar-refractivity contribution in [3.8, 4) is 16.9 Å². The first kappa shape index (κ1) is 22.1. The van der Waals surface area contributed by atoms with E-state index in [2.05, 4.69) is 4.74 Å². The van der Waals surface area contributed by atoms with E-state index in [4.69, 9.17) is 0 Å². The fourth-order valence-electron chi connectivity index (χ4n) is 4.04. The van der Waals surface area contributed by atoms with E-state index >= 15 is 0 Å². The van der Waals surface area contributed by atoms with Crippen molar-refractivity contribution >= 4 is 16.7 Å². The van der Waals surface area contributed by atoms with Gasteiger partial charge in [0.1, 0.15) is 5.75 Å². The van der Waals surface area contributed by atoms with Crippen molar-refractivity contribution in [1.82, 2.24) is 4.90 Å². The van der Waals surface area contributed by atoms with E-state index in [0.29, 0.717) is 37.1 Å². The van der Waals surface area contributed by atoms with Crippen LogP contribution in [0.15, 0.2) is 60.7 Å². The summed E-state index contributed by atoms with van der Waals surface area (Å²) >= 11 is 0. The normalized spacial score (nSPS) is 16.2. The molecule has 1 saturated heterocycles. The van der Waals surface area contributed by atoms with Gasteiger partial charge in [-0.15, -0.1) is 13.2 Å². The van der Waals surface area contributed by atoms with E-state index < -0.39 is 12.0 Å². The second-order valence-corrected chi connectivity index (χ2v) is 7.95. The Labute approximate surface area is 182 Å². The Morgan fingerprint density at radius 3 is 2.22 bits per heavy atom. The van der Waals surface area contributed by atoms with Crippen LogP contribution >= 0.6 is 0 Å². The lowest BCUT2D eigenvalue weighted by Crippen LogP contribution is -2.48. The van der Waals surface area contributed by atoms with Gasteiger partial charge in [0.25, 0.3) is 5.91 Å². The zero-order valence-electron chi connectivity index (χ0n) is 17.1. The summed E-state index contributed by atoms with van der Waals surface area (Å²) in [5.41, 5.74) is 0.838. The van der Waals surface area contributed by atoms with Gasteiger partial charge in [0, 0.05) is 18.7 Å². The van der Waals surface area contributed by atoms with Gasteiger partial charge >= 0.3 is 6.36 Å². The van der Waals surface area contributed by atoms with Crippen LogP contribution in [0.25, 0.3) is 21.9 Å². The maximum atomic E-state index is 13.2. The number of ether oxygens (including phenoxy) is 1. The highest BCUT2D eigenvalue weighted by Gasteiger charge is 2.34. The predicted molar refractivity (Wildman–Crippen MR) is 113 cm³/mol. The van der Waals surface area contributed by atoms with Crippen molar-refractivity contribution in [2.24, 2.45) is 0 Å². The summed E-state index contributed by atoms with van der Waals surface area (Å²) in [6, 6.07) is 16.5. The number of piperidine rings is 1. The van der Waals surface area contributed by atoms with Gasteiger partial charge in [-0.1, -0.05) is 42.5 Å². The first-order valence-corrected chi connectivity index (χ1v) is 10.2. The standard InChI is InChI=1S/C24H22F3NO4/c25-24(26,27)32-17-9-7-16(8-10-17)18-3-1-5-20-19(18)4-2-6-21(20)22(30)28-13-11-23(31,15-29)12-14-28/h1-10,29,31H,11-15H2. The molecule has 1 aliphatic heterocycles. The van der Waals surface area contributed by atoms with Crippen LogP contribution in [0.5, 0.6) is 5.75 Å². The maximum Gasteiger partial charge on any atom is 0.573 e. The molecule has 1 amide bonds. The lowest BCUT2D eigenvalue weighted by molar-refractivity contribution is -0.274. The second-order valence-electron chi connectivity index (χ2n) is 7.95. The number of carbonyl (C=O) groups excluding carboxylic acids is 1. The summed E-state index contributed by atoms with van der Waals surface area (Å²) in [6.07, 6.45) is -4.15. The molecule has 1 fully saturated rings. The van der Waals surface area contributed by atoms with Gasteiger partial charge in [-0.3, -0.25) is 4.79 Å². The quantitative estimate of drug-likeness (QED) is 0.626. The van der Waals surface area contributed by atoms with E-state index in [1.165, 1.54) is 12.1 Å². The minimum atomic E-state index is -4.75. The minimum absolute atomic E-state index is 0.165. The Morgan fingerprint density at radius 1 is 0.969 bits per heavy atom. The largest absolute Gasteiger partial charge is 0.573 e. The molecule has 168 valence electrons. The molecule has 0 unspecified atom stereocenters. The molecule has 0 bridgehead atoms. The molecule has 5 nitrogen and oxygen atoms in total. The first-order valence-electron chi connectivity index (χ1n) is 10.2. The van der Waals surface area contributed by atoms with E-state index in [9.17, 15) is 28.2 Å². The summed E-state index contributed by atoms with van der Waals surface area (Å²) in [4.78, 5) is 14.9. The summed E-state index contributed by atoms with van der Waals surface area (Å²) in [6.45, 7) is 0.346. The summed E-state index contributed by atoms with van der Waals surface area (Å²) < 4.78 is 41.2. The number of halogens is 3. The number of carbonyl (C=O) groups is 1. The average molecular weight is 445 g/mol. The molecule has 0 radical (unpaired) electrons. The third kappa shape index (κ3) is 4.56. The van der Waals surface area contributed by atoms with Crippen molar-refractivity contribution < 1.29 is 32.9 Å². The van der Waals surface area contributed by atoms with Gasteiger partial charge in [0.05, 0.1) is 12.2 Å². The van der Waals surface area contributed by atoms with Crippen molar-refractivity contribution in [2.75, 3.05) is 19.7 Å². The van der Waals surface area contributed by atoms with Gasteiger partial charge in [-0.05, 0) is 52.9 Å². The van der Waals surface area contributed by atoms with Crippen LogP contribution in [-0.2, 0) is 0 Å². The van der Waals surface area contributed by atoms with Crippen molar-refractivity contribution in [2.45, 2.75) is 24.8 Å². The van der Waals surface area contributed by atoms with Crippen LogP contribution in [0.1, 0.15) is 23.2 Å². The molecule has 3 aromatic rings. The molecule has 4 rings (SSSR count). The molecule has 3 aromatic carbocycles. The molecule has 8 heteroatoms. The van der Waals surface area contributed by atoms with Crippen molar-refractivity contribution in [1.29, 1.82) is 0 Å². The van der Waals surface area contributed by atoms with E-state index in [1.54, 1.807) is 35.2 Å². The monoisotopic (exact) mass is 445 g/mol. The predicted octanol–water partition coefficient (Wildman–Crippen LogP) is 4.36. The number of likely N-dealkylation sites (tertiary alicyclic amines) is 1. The van der Waals surface area contributed by atoms with Gasteiger partial charge in [-0.25, -0.2) is 0 Å². The first-order chi connectivity index (χ1) is 15.2. The SMILES string of the molecule is O=C(c1cccc2c(-c3ccc(OC(F)(F)F)cc3)cccc12)N1CCC(O)(CO)CC1. The molecule has 0 spiro atoms. The number of nitrogens with zero attached hydrogens (tertiary/aromatic N) is 1. The van der Waals surface area contributed by atoms with E-state index in [0.717, 1.165) is 16.3 Å². The van der Waals surface area contributed by atoms with E-state index in [-0.39, 0.29) is 18.3 Å². The fraction of sp³-hybridized carbons (Fsp3) is 0.292. The number of alkyl halides is 3. The van der Waals surface area contributed by atoms with Gasteiger partial charge in [-0.2, -0.15) is 0 Å². The summed E-state index contributed by atoms with van der Waals surface area (Å²) in [5.74, 6) is -0.466. The number of amides is 1. The van der Waals surface area contributed by atoms with Crippen LogP contribution in [0.3, 0.4) is 0 Å². The zero-order valence-corrected chi connectivity index (χ0v) is 17.1. The topological polar surface area (TPSA) is 70.0 Å². The molecular weight excluding hydrogens is 423 g/mol. The number of aliphatic hydroxyl groups excluding tert-OH is 1. The molecule has 0 atom stereocenters. The molecule has 0 aromatic heterocycles. The number of benzene rings is 3. The highest BCUT2D eigenvalue weighted by atomic mass is 19.4. The number of aliphatic hydroxyl groups is 2. The molecule has 1 heterocycles. The highest BCUT2D eigenvalue weighted by Crippen LogP contribution is 2.33. The Kier molecular flexibility index (Phi) is 5.83. The Hall–Kier alpha value is -3.10. The number of fused-ring (bicyclic) bond motifs is 1. The van der Waals surface area contributed by atoms with Crippen LogP contribution in [-0.4, -0.2) is 52.7 Å². The van der Waals surface area contributed by atoms with E-state index in [1.807, 2.05) is 18.2 Å².